The molecule has 0 bridgehead atoms. The van der Waals surface area contributed by atoms with Gasteiger partial charge in [-0.2, -0.15) is 0 Å². The number of esters is 2. The highest BCUT2D eigenvalue weighted by Crippen LogP contribution is 2.22. The molecular formula is C36H39FN2O5. The second-order valence-corrected chi connectivity index (χ2v) is 10.9. The van der Waals surface area contributed by atoms with Gasteiger partial charge < -0.3 is 20.3 Å². The Morgan fingerprint density at radius 2 is 1.18 bits per heavy atom. The number of aliphatic hydroxyl groups is 1. The molecule has 4 rings (SSSR count). The fraction of sp³-hybridized carbons (Fsp3) is 0.278. The number of alkyl halides is 1. The number of ether oxygens (including phenoxy) is 2. The van der Waals surface area contributed by atoms with Crippen LogP contribution in [0.4, 0.5) is 4.39 Å². The molecule has 7 nitrogen and oxygen atoms in total. The van der Waals surface area contributed by atoms with E-state index < -0.39 is 36.0 Å². The van der Waals surface area contributed by atoms with Crippen LogP contribution in [0, 0.1) is 0 Å². The molecule has 4 aromatic carbocycles. The van der Waals surface area contributed by atoms with E-state index in [0.29, 0.717) is 18.7 Å². The lowest BCUT2D eigenvalue weighted by atomic mass is 9.83. The summed E-state index contributed by atoms with van der Waals surface area (Å²) in [6, 6.07) is 37.3. The molecule has 0 heterocycles. The van der Waals surface area contributed by atoms with Gasteiger partial charge in [-0.05, 0) is 22.3 Å². The fourth-order valence-corrected chi connectivity index (χ4v) is 4.97. The van der Waals surface area contributed by atoms with Crippen LogP contribution in [0.1, 0.15) is 29.2 Å². The third kappa shape index (κ3) is 9.57. The first-order valence-corrected chi connectivity index (χ1v) is 14.6. The van der Waals surface area contributed by atoms with Crippen molar-refractivity contribution in [2.75, 3.05) is 6.54 Å². The minimum Gasteiger partial charge on any atom is -0.424 e. The molecule has 3 unspecified atom stereocenters. The van der Waals surface area contributed by atoms with Crippen molar-refractivity contribution in [3.63, 3.8) is 0 Å². The van der Waals surface area contributed by atoms with Crippen LogP contribution in [0.25, 0.3) is 0 Å². The van der Waals surface area contributed by atoms with Gasteiger partial charge in [-0.25, -0.2) is 14.0 Å². The van der Waals surface area contributed by atoms with Crippen LogP contribution in [-0.2, 0) is 45.0 Å². The molecule has 4 aromatic rings. The van der Waals surface area contributed by atoms with Gasteiger partial charge in [0, 0.05) is 39.4 Å². The Bertz CT molecular complexity index is 1400. The van der Waals surface area contributed by atoms with Crippen molar-refractivity contribution in [1.29, 1.82) is 0 Å². The van der Waals surface area contributed by atoms with E-state index in [1.807, 2.05) is 102 Å². The van der Waals surface area contributed by atoms with Crippen molar-refractivity contribution in [2.45, 2.75) is 57.0 Å². The number of halogens is 1. The van der Waals surface area contributed by atoms with Crippen molar-refractivity contribution in [3.05, 3.63) is 144 Å². The summed E-state index contributed by atoms with van der Waals surface area (Å²) in [5, 5.41) is 11.2. The fourth-order valence-electron chi connectivity index (χ4n) is 4.97. The molecule has 0 aliphatic heterocycles. The largest absolute Gasteiger partial charge is 0.424 e. The van der Waals surface area contributed by atoms with E-state index >= 15 is 4.39 Å². The summed E-state index contributed by atoms with van der Waals surface area (Å²) in [5.74, 6) is -2.12. The number of hydrogen-bond acceptors (Lipinski definition) is 7. The van der Waals surface area contributed by atoms with Gasteiger partial charge in [0.25, 0.3) is 0 Å². The number of rotatable bonds is 15. The Kier molecular flexibility index (Phi) is 11.8. The second kappa shape index (κ2) is 15.9. The third-order valence-electron chi connectivity index (χ3n) is 7.31. The van der Waals surface area contributed by atoms with Crippen molar-refractivity contribution in [1.82, 2.24) is 4.90 Å². The highest BCUT2D eigenvalue weighted by Gasteiger charge is 2.44. The quantitative estimate of drug-likeness (QED) is 0.147. The predicted octanol–water partition coefficient (Wildman–Crippen LogP) is 5.00. The van der Waals surface area contributed by atoms with Gasteiger partial charge in [-0.15, -0.1) is 0 Å². The number of nitrogens with two attached hydrogens (primary N) is 1. The topological polar surface area (TPSA) is 102 Å². The summed E-state index contributed by atoms with van der Waals surface area (Å²) in [5.41, 5.74) is 8.14. The number of benzene rings is 4. The zero-order chi connectivity index (χ0) is 31.4. The molecular weight excluding hydrogens is 559 g/mol. The molecule has 0 saturated heterocycles. The zero-order valence-electron chi connectivity index (χ0n) is 24.8. The predicted molar refractivity (Wildman–Crippen MR) is 167 cm³/mol. The Labute approximate surface area is 258 Å². The average molecular weight is 599 g/mol. The summed E-state index contributed by atoms with van der Waals surface area (Å²) >= 11 is 0. The van der Waals surface area contributed by atoms with Gasteiger partial charge >= 0.3 is 11.9 Å². The van der Waals surface area contributed by atoms with E-state index in [-0.39, 0.29) is 19.4 Å². The third-order valence-corrected chi connectivity index (χ3v) is 7.31. The van der Waals surface area contributed by atoms with E-state index in [9.17, 15) is 14.7 Å². The molecule has 3 N–H and O–H groups in total. The molecule has 230 valence electrons. The minimum absolute atomic E-state index is 0.0268. The molecule has 0 fully saturated rings. The molecule has 0 amide bonds. The van der Waals surface area contributed by atoms with Crippen LogP contribution in [0.2, 0.25) is 0 Å². The molecule has 4 atom stereocenters. The van der Waals surface area contributed by atoms with E-state index in [1.165, 1.54) is 6.92 Å². The number of hydrogen-bond donors (Lipinski definition) is 2. The normalized spacial score (nSPS) is 14.7. The van der Waals surface area contributed by atoms with Gasteiger partial charge in [0.1, 0.15) is 5.54 Å². The maximum Gasteiger partial charge on any atom is 0.345 e. The van der Waals surface area contributed by atoms with Crippen LogP contribution < -0.4 is 5.73 Å². The highest BCUT2D eigenvalue weighted by atomic mass is 19.1. The lowest BCUT2D eigenvalue weighted by Crippen LogP contribution is -2.61. The summed E-state index contributed by atoms with van der Waals surface area (Å²) in [7, 11) is 0. The van der Waals surface area contributed by atoms with Crippen LogP contribution in [-0.4, -0.2) is 52.6 Å². The Balaban J connectivity index is 1.41. The van der Waals surface area contributed by atoms with Crippen LogP contribution in [0.15, 0.2) is 121 Å². The highest BCUT2D eigenvalue weighted by molar-refractivity contribution is 5.82. The number of nitrogens with zero attached hydrogens (tertiary/aromatic N) is 1. The van der Waals surface area contributed by atoms with Crippen LogP contribution in [0.5, 0.6) is 0 Å². The average Bonchev–Trinajstić information content (AvgIpc) is 3.02. The van der Waals surface area contributed by atoms with Gasteiger partial charge in [0.2, 0.25) is 12.5 Å². The minimum atomic E-state index is -2.00. The number of carbonyl (C=O) groups is 2. The smallest absolute Gasteiger partial charge is 0.345 e. The number of aliphatic hydroxyl groups excluding tert-OH is 1. The molecule has 0 aliphatic rings. The standard InChI is InChI=1S/C36H39FN2O5/c1-27(43-34(41)32(37)26-39(24-30-18-10-4-11-19-30)25-31-20-12-5-13-21-31)44-35(42)36(38,23-29-16-8-3-9-17-29)33(40)22-28-14-6-2-7-15-28/h2-21,27,32-33,40H,22-26,38H2,1H3/t27?,32-,33?,36?/m0/s1. The molecule has 0 aromatic heterocycles. The first-order valence-electron chi connectivity index (χ1n) is 14.6. The lowest BCUT2D eigenvalue weighted by Gasteiger charge is -2.33. The summed E-state index contributed by atoms with van der Waals surface area (Å²) in [6.45, 7) is 1.93. The van der Waals surface area contributed by atoms with Crippen LogP contribution in [0.3, 0.4) is 0 Å². The van der Waals surface area contributed by atoms with E-state index in [2.05, 4.69) is 0 Å². The van der Waals surface area contributed by atoms with Crippen molar-refractivity contribution in [3.8, 4) is 0 Å². The van der Waals surface area contributed by atoms with E-state index in [1.54, 1.807) is 24.3 Å². The molecule has 8 heteroatoms. The molecule has 44 heavy (non-hydrogen) atoms. The maximum absolute atomic E-state index is 15.3. The van der Waals surface area contributed by atoms with E-state index in [4.69, 9.17) is 15.2 Å². The second-order valence-electron chi connectivity index (χ2n) is 10.9. The van der Waals surface area contributed by atoms with Crippen molar-refractivity contribution in [2.24, 2.45) is 5.73 Å². The molecule has 0 radical (unpaired) electrons. The summed E-state index contributed by atoms with van der Waals surface area (Å²) in [6.07, 6.45) is -4.69. The maximum atomic E-state index is 15.3. The molecule has 0 spiro atoms. The summed E-state index contributed by atoms with van der Waals surface area (Å²) in [4.78, 5) is 28.1. The molecule has 0 saturated carbocycles. The van der Waals surface area contributed by atoms with Gasteiger partial charge in [-0.1, -0.05) is 121 Å². The monoisotopic (exact) mass is 598 g/mol. The Morgan fingerprint density at radius 1 is 0.750 bits per heavy atom. The van der Waals surface area contributed by atoms with Crippen LogP contribution >= 0.6 is 0 Å². The Hall–Kier alpha value is -4.37. The van der Waals surface area contributed by atoms with Gasteiger partial charge in [0.05, 0.1) is 6.10 Å². The van der Waals surface area contributed by atoms with Crippen molar-refractivity contribution < 1.29 is 28.6 Å². The SMILES string of the molecule is CC(OC(=O)[C@@H](F)CN(Cc1ccccc1)Cc1ccccc1)OC(=O)C(N)(Cc1ccccc1)C(O)Cc1ccccc1. The first kappa shape index (κ1) is 32.5. The molecule has 0 aliphatic carbocycles. The van der Waals surface area contributed by atoms with E-state index in [0.717, 1.165) is 16.7 Å². The number of carbonyl (C=O) groups excluding carboxylic acids is 2. The van der Waals surface area contributed by atoms with Gasteiger partial charge in [-0.3, -0.25) is 4.90 Å². The first-order chi connectivity index (χ1) is 21.2. The lowest BCUT2D eigenvalue weighted by molar-refractivity contribution is -0.194. The Morgan fingerprint density at radius 3 is 1.66 bits per heavy atom. The summed E-state index contributed by atoms with van der Waals surface area (Å²) < 4.78 is 25.9. The van der Waals surface area contributed by atoms with Gasteiger partial charge in [0.15, 0.2) is 0 Å². The zero-order valence-corrected chi connectivity index (χ0v) is 24.8. The van der Waals surface area contributed by atoms with Crippen molar-refractivity contribution >= 4 is 11.9 Å².